The number of aryl methyl sites for hydroxylation is 1. The molecule has 1 aromatic carbocycles. The van der Waals surface area contributed by atoms with E-state index in [0.717, 1.165) is 25.0 Å². The van der Waals surface area contributed by atoms with Crippen LogP contribution in [0.3, 0.4) is 0 Å². The minimum absolute atomic E-state index is 0.0969. The molecule has 0 saturated carbocycles. The Labute approximate surface area is 126 Å². The first-order valence-corrected chi connectivity index (χ1v) is 7.46. The SMILES string of the molecule is COCCOCC(O)COc1ccc2c(c1)[C@H](N)CCC2. The number of benzene rings is 1. The average Bonchev–Trinajstić information content (AvgIpc) is 2.50. The lowest BCUT2D eigenvalue weighted by atomic mass is 9.88. The Morgan fingerprint density at radius 1 is 1.33 bits per heavy atom. The first-order chi connectivity index (χ1) is 10.2. The highest BCUT2D eigenvalue weighted by Crippen LogP contribution is 2.30. The third-order valence-corrected chi connectivity index (χ3v) is 3.66. The molecule has 2 rings (SSSR count). The summed E-state index contributed by atoms with van der Waals surface area (Å²) < 4.78 is 15.7. The van der Waals surface area contributed by atoms with Gasteiger partial charge in [0.1, 0.15) is 18.5 Å². The predicted octanol–water partition coefficient (Wildman–Crippen LogP) is 1.43. The zero-order chi connectivity index (χ0) is 15.1. The largest absolute Gasteiger partial charge is 0.491 e. The van der Waals surface area contributed by atoms with Gasteiger partial charge in [0.05, 0.1) is 19.8 Å². The van der Waals surface area contributed by atoms with E-state index < -0.39 is 6.10 Å². The van der Waals surface area contributed by atoms with Gasteiger partial charge in [-0.15, -0.1) is 0 Å². The van der Waals surface area contributed by atoms with Crippen molar-refractivity contribution in [2.75, 3.05) is 33.5 Å². The van der Waals surface area contributed by atoms with Crippen LogP contribution in [0.2, 0.25) is 0 Å². The van der Waals surface area contributed by atoms with E-state index in [2.05, 4.69) is 6.07 Å². The third-order valence-electron chi connectivity index (χ3n) is 3.66. The molecule has 0 radical (unpaired) electrons. The van der Waals surface area contributed by atoms with Crippen LogP contribution in [0.25, 0.3) is 0 Å². The van der Waals surface area contributed by atoms with Gasteiger partial charge in [-0.25, -0.2) is 0 Å². The number of rotatable bonds is 8. The fourth-order valence-corrected chi connectivity index (χ4v) is 2.51. The molecule has 2 atom stereocenters. The summed E-state index contributed by atoms with van der Waals surface area (Å²) in [4.78, 5) is 0. The van der Waals surface area contributed by atoms with Crippen LogP contribution in [0, 0.1) is 0 Å². The summed E-state index contributed by atoms with van der Waals surface area (Å²) >= 11 is 0. The van der Waals surface area contributed by atoms with Gasteiger partial charge in [0.15, 0.2) is 0 Å². The van der Waals surface area contributed by atoms with Crippen LogP contribution in [0.4, 0.5) is 0 Å². The minimum Gasteiger partial charge on any atom is -0.491 e. The Bertz CT molecular complexity index is 438. The maximum atomic E-state index is 9.78. The number of methoxy groups -OCH3 is 1. The Morgan fingerprint density at radius 2 is 2.19 bits per heavy atom. The molecule has 0 aliphatic heterocycles. The molecule has 118 valence electrons. The molecule has 3 N–H and O–H groups in total. The van der Waals surface area contributed by atoms with Crippen molar-refractivity contribution in [3.05, 3.63) is 29.3 Å². The van der Waals surface area contributed by atoms with Crippen LogP contribution < -0.4 is 10.5 Å². The summed E-state index contributed by atoms with van der Waals surface area (Å²) in [5.74, 6) is 0.752. The molecule has 5 heteroatoms. The second-order valence-electron chi connectivity index (χ2n) is 5.39. The monoisotopic (exact) mass is 295 g/mol. The first kappa shape index (κ1) is 16.2. The summed E-state index contributed by atoms with van der Waals surface area (Å²) in [6.45, 7) is 1.45. The van der Waals surface area contributed by atoms with Crippen LogP contribution in [0.5, 0.6) is 5.75 Å². The Hall–Kier alpha value is -1.14. The highest BCUT2D eigenvalue weighted by Gasteiger charge is 2.17. The number of nitrogens with two attached hydrogens (primary N) is 1. The van der Waals surface area contributed by atoms with Crippen molar-refractivity contribution >= 4 is 0 Å². The minimum atomic E-state index is -0.647. The lowest BCUT2D eigenvalue weighted by Gasteiger charge is -2.23. The fraction of sp³-hybridized carbons (Fsp3) is 0.625. The van der Waals surface area contributed by atoms with Crippen LogP contribution in [0.15, 0.2) is 18.2 Å². The quantitative estimate of drug-likeness (QED) is 0.710. The number of aliphatic hydroxyl groups excluding tert-OH is 1. The van der Waals surface area contributed by atoms with Crippen molar-refractivity contribution in [1.82, 2.24) is 0 Å². The smallest absolute Gasteiger partial charge is 0.119 e. The van der Waals surface area contributed by atoms with Gasteiger partial charge in [-0.3, -0.25) is 0 Å². The Morgan fingerprint density at radius 3 is 3.00 bits per heavy atom. The Kier molecular flexibility index (Phi) is 6.45. The zero-order valence-electron chi connectivity index (χ0n) is 12.6. The van der Waals surface area contributed by atoms with E-state index in [0.29, 0.717) is 13.2 Å². The number of hydrogen-bond acceptors (Lipinski definition) is 5. The maximum absolute atomic E-state index is 9.78. The molecule has 0 spiro atoms. The molecule has 0 heterocycles. The second-order valence-corrected chi connectivity index (χ2v) is 5.39. The number of fused-ring (bicyclic) bond motifs is 1. The highest BCUT2D eigenvalue weighted by molar-refractivity contribution is 5.39. The van der Waals surface area contributed by atoms with E-state index in [9.17, 15) is 5.11 Å². The normalized spacial score (nSPS) is 19.1. The lowest BCUT2D eigenvalue weighted by Crippen LogP contribution is -2.24. The van der Waals surface area contributed by atoms with Crippen molar-refractivity contribution in [3.8, 4) is 5.75 Å². The number of hydrogen-bond donors (Lipinski definition) is 2. The molecule has 0 saturated heterocycles. The molecule has 1 aliphatic rings. The van der Waals surface area contributed by atoms with Gasteiger partial charge in [0, 0.05) is 13.2 Å². The van der Waals surface area contributed by atoms with Gasteiger partial charge in [-0.05, 0) is 42.5 Å². The van der Waals surface area contributed by atoms with E-state index in [1.165, 1.54) is 11.1 Å². The molecule has 0 fully saturated rings. The molecule has 0 bridgehead atoms. The van der Waals surface area contributed by atoms with Crippen LogP contribution in [0.1, 0.15) is 30.0 Å². The fourth-order valence-electron chi connectivity index (χ4n) is 2.51. The van der Waals surface area contributed by atoms with Crippen molar-refractivity contribution in [2.24, 2.45) is 5.73 Å². The zero-order valence-corrected chi connectivity index (χ0v) is 12.6. The third kappa shape index (κ3) is 4.97. The van der Waals surface area contributed by atoms with Gasteiger partial charge in [-0.2, -0.15) is 0 Å². The summed E-state index contributed by atoms with van der Waals surface area (Å²) in [7, 11) is 1.61. The predicted molar refractivity (Wildman–Crippen MR) is 80.5 cm³/mol. The van der Waals surface area contributed by atoms with Crippen LogP contribution in [-0.4, -0.2) is 44.7 Å². The second kappa shape index (κ2) is 8.34. The van der Waals surface area contributed by atoms with Gasteiger partial charge in [0.25, 0.3) is 0 Å². The van der Waals surface area contributed by atoms with Crippen molar-refractivity contribution < 1.29 is 19.3 Å². The molecule has 1 unspecified atom stereocenters. The maximum Gasteiger partial charge on any atom is 0.119 e. The molecule has 1 aromatic rings. The van der Waals surface area contributed by atoms with Gasteiger partial charge in [0.2, 0.25) is 0 Å². The molecular weight excluding hydrogens is 270 g/mol. The van der Waals surface area contributed by atoms with E-state index in [1.54, 1.807) is 7.11 Å². The van der Waals surface area contributed by atoms with Crippen molar-refractivity contribution in [1.29, 1.82) is 0 Å². The van der Waals surface area contributed by atoms with Crippen molar-refractivity contribution in [2.45, 2.75) is 31.4 Å². The van der Waals surface area contributed by atoms with Gasteiger partial charge in [-0.1, -0.05) is 6.07 Å². The van der Waals surface area contributed by atoms with E-state index in [-0.39, 0.29) is 19.3 Å². The Balaban J connectivity index is 1.79. The summed E-state index contributed by atoms with van der Waals surface area (Å²) in [5.41, 5.74) is 8.61. The van der Waals surface area contributed by atoms with Crippen LogP contribution >= 0.6 is 0 Å². The van der Waals surface area contributed by atoms with Gasteiger partial charge < -0.3 is 25.1 Å². The number of aliphatic hydroxyl groups is 1. The molecular formula is C16H25NO4. The summed E-state index contributed by atoms with van der Waals surface area (Å²) in [6.07, 6.45) is 2.60. The number of ether oxygens (including phenoxy) is 3. The summed E-state index contributed by atoms with van der Waals surface area (Å²) in [6, 6.07) is 6.11. The molecule has 0 amide bonds. The summed E-state index contributed by atoms with van der Waals surface area (Å²) in [5, 5.41) is 9.78. The standard InChI is InChI=1S/C16H25NO4/c1-19-7-8-20-10-13(18)11-21-14-6-5-12-3-2-4-16(17)15(12)9-14/h5-6,9,13,16,18H,2-4,7-8,10-11,17H2,1H3/t13?,16-/m1/s1. The molecule has 21 heavy (non-hydrogen) atoms. The van der Waals surface area contributed by atoms with Crippen molar-refractivity contribution in [3.63, 3.8) is 0 Å². The highest BCUT2D eigenvalue weighted by atomic mass is 16.5. The van der Waals surface area contributed by atoms with E-state index in [4.69, 9.17) is 19.9 Å². The molecule has 1 aliphatic carbocycles. The molecule has 5 nitrogen and oxygen atoms in total. The first-order valence-electron chi connectivity index (χ1n) is 7.46. The van der Waals surface area contributed by atoms with Gasteiger partial charge >= 0.3 is 0 Å². The van der Waals surface area contributed by atoms with E-state index in [1.807, 2.05) is 12.1 Å². The average molecular weight is 295 g/mol. The lowest BCUT2D eigenvalue weighted by molar-refractivity contribution is -0.00421. The van der Waals surface area contributed by atoms with Crippen LogP contribution in [-0.2, 0) is 15.9 Å². The topological polar surface area (TPSA) is 73.9 Å². The van der Waals surface area contributed by atoms with E-state index >= 15 is 0 Å². The molecule has 0 aromatic heterocycles.